The summed E-state index contributed by atoms with van der Waals surface area (Å²) in [6, 6.07) is 1.79. The van der Waals surface area contributed by atoms with Crippen molar-refractivity contribution in [1.82, 2.24) is 14.9 Å². The lowest BCUT2D eigenvalue weighted by Gasteiger charge is -2.38. The van der Waals surface area contributed by atoms with Crippen LogP contribution >= 0.6 is 23.4 Å². The molecule has 1 aliphatic heterocycles. The fraction of sp³-hybridized carbons (Fsp3) is 0.692. The summed E-state index contributed by atoms with van der Waals surface area (Å²) < 4.78 is 0. The molecule has 1 aromatic heterocycles. The summed E-state index contributed by atoms with van der Waals surface area (Å²) in [5.74, 6) is 0.824. The lowest BCUT2D eigenvalue weighted by molar-refractivity contribution is 0.150. The Morgan fingerprint density at radius 1 is 1.42 bits per heavy atom. The van der Waals surface area contributed by atoms with Crippen LogP contribution in [0.5, 0.6) is 0 Å². The predicted octanol–water partition coefficient (Wildman–Crippen LogP) is 3.00. The molecular weight excluding hydrogens is 280 g/mol. The molecule has 1 N–H and O–H groups in total. The number of rotatable bonds is 4. The minimum Gasteiger partial charge on any atom is -0.369 e. The normalized spacial score (nSPS) is 19.4. The second kappa shape index (κ2) is 6.29. The lowest BCUT2D eigenvalue weighted by atomic mass is 9.80. The van der Waals surface area contributed by atoms with Crippen LogP contribution in [0.3, 0.4) is 0 Å². The SMILES string of the molecule is CSc1nc(Cl)cc(NCC2(C)CCN(C)CC2)n1. The first-order valence-corrected chi connectivity index (χ1v) is 8.12. The topological polar surface area (TPSA) is 41.1 Å². The van der Waals surface area contributed by atoms with Crippen molar-refractivity contribution in [2.24, 2.45) is 5.41 Å². The van der Waals surface area contributed by atoms with Gasteiger partial charge in [-0.1, -0.05) is 30.3 Å². The molecule has 0 aliphatic carbocycles. The molecule has 0 bridgehead atoms. The molecule has 106 valence electrons. The molecule has 0 amide bonds. The number of nitrogens with zero attached hydrogens (tertiary/aromatic N) is 3. The van der Waals surface area contributed by atoms with Gasteiger partial charge in [-0.2, -0.15) is 0 Å². The average molecular weight is 301 g/mol. The van der Waals surface area contributed by atoms with E-state index in [9.17, 15) is 0 Å². The number of nitrogens with one attached hydrogen (secondary N) is 1. The van der Waals surface area contributed by atoms with Crippen molar-refractivity contribution in [3.63, 3.8) is 0 Å². The summed E-state index contributed by atoms with van der Waals surface area (Å²) in [7, 11) is 2.18. The van der Waals surface area contributed by atoms with Crippen molar-refractivity contribution in [2.45, 2.75) is 24.9 Å². The number of hydrogen-bond donors (Lipinski definition) is 1. The third-order valence-corrected chi connectivity index (χ3v) is 4.49. The largest absolute Gasteiger partial charge is 0.369 e. The van der Waals surface area contributed by atoms with Crippen molar-refractivity contribution >= 4 is 29.2 Å². The minimum absolute atomic E-state index is 0.337. The molecule has 4 nitrogen and oxygen atoms in total. The van der Waals surface area contributed by atoms with Gasteiger partial charge in [-0.05, 0) is 44.6 Å². The summed E-state index contributed by atoms with van der Waals surface area (Å²) in [6.07, 6.45) is 4.38. The fourth-order valence-corrected chi connectivity index (χ4v) is 2.83. The van der Waals surface area contributed by atoms with E-state index in [1.54, 1.807) is 6.07 Å². The van der Waals surface area contributed by atoms with Crippen molar-refractivity contribution in [2.75, 3.05) is 38.3 Å². The number of aromatic nitrogens is 2. The van der Waals surface area contributed by atoms with E-state index in [4.69, 9.17) is 11.6 Å². The molecule has 1 fully saturated rings. The monoisotopic (exact) mass is 300 g/mol. The molecule has 0 saturated carbocycles. The van der Waals surface area contributed by atoms with Crippen molar-refractivity contribution in [3.05, 3.63) is 11.2 Å². The highest BCUT2D eigenvalue weighted by Crippen LogP contribution is 2.30. The summed E-state index contributed by atoms with van der Waals surface area (Å²) in [4.78, 5) is 11.0. The van der Waals surface area contributed by atoms with Gasteiger partial charge in [0.05, 0.1) is 0 Å². The molecular formula is C13H21ClN4S. The minimum atomic E-state index is 0.337. The molecule has 1 aromatic rings. The Morgan fingerprint density at radius 2 is 2.11 bits per heavy atom. The molecule has 0 unspecified atom stereocenters. The Morgan fingerprint density at radius 3 is 2.74 bits per heavy atom. The predicted molar refractivity (Wildman–Crippen MR) is 82.2 cm³/mol. The van der Waals surface area contributed by atoms with Gasteiger partial charge in [0.15, 0.2) is 5.16 Å². The van der Waals surface area contributed by atoms with Gasteiger partial charge in [-0.25, -0.2) is 9.97 Å². The molecule has 1 aliphatic rings. The van der Waals surface area contributed by atoms with Gasteiger partial charge in [-0.15, -0.1) is 0 Å². The zero-order chi connectivity index (χ0) is 13.9. The number of piperidine rings is 1. The second-order valence-corrected chi connectivity index (χ2v) is 6.69. The van der Waals surface area contributed by atoms with E-state index in [0.717, 1.165) is 12.4 Å². The maximum atomic E-state index is 5.99. The van der Waals surface area contributed by atoms with Crippen LogP contribution in [0.2, 0.25) is 5.15 Å². The Kier molecular flexibility index (Phi) is 4.92. The second-order valence-electron chi connectivity index (χ2n) is 5.53. The molecule has 19 heavy (non-hydrogen) atoms. The Bertz CT molecular complexity index is 433. The van der Waals surface area contributed by atoms with Crippen molar-refractivity contribution in [1.29, 1.82) is 0 Å². The van der Waals surface area contributed by atoms with E-state index in [-0.39, 0.29) is 0 Å². The van der Waals surface area contributed by atoms with E-state index < -0.39 is 0 Å². The molecule has 2 rings (SSSR count). The smallest absolute Gasteiger partial charge is 0.190 e. The van der Waals surface area contributed by atoms with Gasteiger partial charge in [0.2, 0.25) is 0 Å². The van der Waals surface area contributed by atoms with Crippen LogP contribution in [0.1, 0.15) is 19.8 Å². The zero-order valence-electron chi connectivity index (χ0n) is 11.7. The van der Waals surface area contributed by atoms with Gasteiger partial charge >= 0.3 is 0 Å². The van der Waals surface area contributed by atoms with Gasteiger partial charge in [-0.3, -0.25) is 0 Å². The van der Waals surface area contributed by atoms with Crippen LogP contribution in [-0.4, -0.2) is 47.8 Å². The van der Waals surface area contributed by atoms with Gasteiger partial charge in [0.25, 0.3) is 0 Å². The number of hydrogen-bond acceptors (Lipinski definition) is 5. The van der Waals surface area contributed by atoms with Crippen molar-refractivity contribution < 1.29 is 0 Å². The Balaban J connectivity index is 1.96. The number of thioether (sulfide) groups is 1. The lowest BCUT2D eigenvalue weighted by Crippen LogP contribution is -2.40. The first kappa shape index (κ1) is 14.9. The molecule has 2 heterocycles. The highest BCUT2D eigenvalue weighted by molar-refractivity contribution is 7.98. The van der Waals surface area contributed by atoms with Crippen LogP contribution in [0, 0.1) is 5.41 Å². The van der Waals surface area contributed by atoms with Crippen LogP contribution in [-0.2, 0) is 0 Å². The number of anilines is 1. The van der Waals surface area contributed by atoms with Crippen LogP contribution < -0.4 is 5.32 Å². The van der Waals surface area contributed by atoms with Crippen LogP contribution in [0.25, 0.3) is 0 Å². The standard InChI is InChI=1S/C13H21ClN4S/c1-13(4-6-18(2)7-5-13)9-15-11-8-10(14)16-12(17-11)19-3/h8H,4-7,9H2,1-3H3,(H,15,16,17). The first-order valence-electron chi connectivity index (χ1n) is 6.52. The maximum absolute atomic E-state index is 5.99. The molecule has 1 saturated heterocycles. The fourth-order valence-electron chi connectivity index (χ4n) is 2.22. The van der Waals surface area contributed by atoms with Crippen molar-refractivity contribution in [3.8, 4) is 0 Å². The first-order chi connectivity index (χ1) is 9.00. The van der Waals surface area contributed by atoms with E-state index >= 15 is 0 Å². The quantitative estimate of drug-likeness (QED) is 0.526. The molecule has 0 aromatic carbocycles. The van der Waals surface area contributed by atoms with Gasteiger partial charge in [0, 0.05) is 12.6 Å². The van der Waals surface area contributed by atoms with Gasteiger partial charge < -0.3 is 10.2 Å². The molecule has 0 radical (unpaired) electrons. The Labute approximate surface area is 124 Å². The number of likely N-dealkylation sites (tertiary alicyclic amines) is 1. The zero-order valence-corrected chi connectivity index (χ0v) is 13.3. The average Bonchev–Trinajstić information content (AvgIpc) is 2.40. The van der Waals surface area contributed by atoms with E-state index in [0.29, 0.717) is 15.7 Å². The van der Waals surface area contributed by atoms with Crippen LogP contribution in [0.15, 0.2) is 11.2 Å². The summed E-state index contributed by atoms with van der Waals surface area (Å²) >= 11 is 7.50. The molecule has 0 spiro atoms. The highest BCUT2D eigenvalue weighted by atomic mass is 35.5. The van der Waals surface area contributed by atoms with E-state index in [1.165, 1.54) is 37.7 Å². The maximum Gasteiger partial charge on any atom is 0.190 e. The summed E-state index contributed by atoms with van der Waals surface area (Å²) in [5, 5.41) is 4.63. The summed E-state index contributed by atoms with van der Waals surface area (Å²) in [6.45, 7) is 5.60. The highest BCUT2D eigenvalue weighted by Gasteiger charge is 2.28. The van der Waals surface area contributed by atoms with E-state index in [2.05, 4.69) is 34.2 Å². The summed E-state index contributed by atoms with van der Waals surface area (Å²) in [5.41, 5.74) is 0.337. The van der Waals surface area contributed by atoms with Crippen LogP contribution in [0.4, 0.5) is 5.82 Å². The Hall–Kier alpha value is -0.520. The van der Waals surface area contributed by atoms with Gasteiger partial charge in [0.1, 0.15) is 11.0 Å². The molecule has 0 atom stereocenters. The number of halogens is 1. The third kappa shape index (κ3) is 4.23. The molecule has 6 heteroatoms. The third-order valence-electron chi connectivity index (χ3n) is 3.75. The van der Waals surface area contributed by atoms with E-state index in [1.807, 2.05) is 6.26 Å².